The summed E-state index contributed by atoms with van der Waals surface area (Å²) in [5.41, 5.74) is 8.56. The predicted octanol–water partition coefficient (Wildman–Crippen LogP) is 5.75. The first kappa shape index (κ1) is 20.1. The van der Waals surface area contributed by atoms with Crippen LogP contribution >= 0.6 is 0 Å². The van der Waals surface area contributed by atoms with Gasteiger partial charge in [0.1, 0.15) is 11.6 Å². The van der Waals surface area contributed by atoms with Crippen molar-refractivity contribution in [3.63, 3.8) is 0 Å². The van der Waals surface area contributed by atoms with E-state index in [2.05, 4.69) is 13.0 Å². The van der Waals surface area contributed by atoms with Crippen LogP contribution in [0.5, 0.6) is 0 Å². The molecule has 3 aromatic carbocycles. The summed E-state index contributed by atoms with van der Waals surface area (Å²) in [6, 6.07) is 16.4. The Morgan fingerprint density at radius 2 is 1.80 bits per heavy atom. The second kappa shape index (κ2) is 8.27. The number of nitrogens with two attached hydrogens (primary N) is 1. The molecular weight excluding hydrogens is 382 g/mol. The molecule has 0 aliphatic rings. The normalized spacial score (nSPS) is 11.4. The molecule has 5 heteroatoms. The third-order valence-corrected chi connectivity index (χ3v) is 5.57. The van der Waals surface area contributed by atoms with Gasteiger partial charge in [-0.15, -0.1) is 0 Å². The predicted molar refractivity (Wildman–Crippen MR) is 115 cm³/mol. The van der Waals surface area contributed by atoms with Crippen LogP contribution in [-0.2, 0) is 13.0 Å². The summed E-state index contributed by atoms with van der Waals surface area (Å²) >= 11 is 0. The number of aromatic nitrogens is 1. The van der Waals surface area contributed by atoms with Gasteiger partial charge in [-0.25, -0.2) is 8.78 Å². The van der Waals surface area contributed by atoms with Gasteiger partial charge >= 0.3 is 0 Å². The van der Waals surface area contributed by atoms with Crippen LogP contribution in [-0.4, -0.2) is 10.5 Å². The smallest absolute Gasteiger partial charge is 0.249 e. The molecule has 4 aromatic rings. The van der Waals surface area contributed by atoms with Crippen LogP contribution < -0.4 is 5.73 Å². The first-order valence-electron chi connectivity index (χ1n) is 10.2. The van der Waals surface area contributed by atoms with Crippen molar-refractivity contribution in [2.45, 2.75) is 39.2 Å². The van der Waals surface area contributed by atoms with E-state index in [-0.39, 0.29) is 12.1 Å². The van der Waals surface area contributed by atoms with E-state index < -0.39 is 17.5 Å². The van der Waals surface area contributed by atoms with Crippen molar-refractivity contribution in [3.8, 4) is 0 Å². The molecule has 1 amide bonds. The molecule has 0 spiro atoms. The highest BCUT2D eigenvalue weighted by Crippen LogP contribution is 2.33. The minimum Gasteiger partial charge on any atom is -0.366 e. The van der Waals surface area contributed by atoms with Crippen molar-refractivity contribution in [1.29, 1.82) is 0 Å². The minimum atomic E-state index is -0.598. The molecule has 2 N–H and O–H groups in total. The summed E-state index contributed by atoms with van der Waals surface area (Å²) in [6.07, 6.45) is 4.22. The van der Waals surface area contributed by atoms with Crippen LogP contribution in [0.4, 0.5) is 8.78 Å². The van der Waals surface area contributed by atoms with E-state index in [9.17, 15) is 13.6 Å². The molecule has 1 aromatic heterocycles. The van der Waals surface area contributed by atoms with Gasteiger partial charge in [0.05, 0.1) is 17.6 Å². The third-order valence-electron chi connectivity index (χ3n) is 5.57. The maximum absolute atomic E-state index is 14.4. The summed E-state index contributed by atoms with van der Waals surface area (Å²) in [5.74, 6) is -1.74. The average Bonchev–Trinajstić information content (AvgIpc) is 3.04. The van der Waals surface area contributed by atoms with E-state index in [1.807, 2.05) is 22.8 Å². The number of rotatable bonds is 7. The van der Waals surface area contributed by atoms with Gasteiger partial charge in [0.15, 0.2) is 0 Å². The molecule has 0 saturated heterocycles. The number of fused-ring (bicyclic) bond motifs is 3. The molecule has 0 saturated carbocycles. The molecule has 0 bridgehead atoms. The van der Waals surface area contributed by atoms with E-state index in [0.717, 1.165) is 42.1 Å². The Labute approximate surface area is 174 Å². The number of nitrogens with zero attached hydrogens (tertiary/aromatic N) is 1. The lowest BCUT2D eigenvalue weighted by Crippen LogP contribution is -2.11. The highest BCUT2D eigenvalue weighted by Gasteiger charge is 2.19. The molecule has 1 radical (unpaired) electrons. The Bertz CT molecular complexity index is 1220. The standard InChI is InChI=1S/C25H23F2N2O/c1-2-3-4-7-16-12-13-17-23(14-16)29(15-19-20(26)9-6-10-21(19)27)22-11-5-8-18(24(17)22)25(28)30/h5-6,8-12,14H,2-4,7,15H2,1H3,(H2,28,30). The zero-order chi connectivity index (χ0) is 21.3. The van der Waals surface area contributed by atoms with Crippen molar-refractivity contribution in [2.75, 3.05) is 0 Å². The topological polar surface area (TPSA) is 48.0 Å². The number of primary amides is 1. The van der Waals surface area contributed by atoms with E-state index >= 15 is 0 Å². The van der Waals surface area contributed by atoms with Gasteiger partial charge in [-0.05, 0) is 54.8 Å². The van der Waals surface area contributed by atoms with Crippen molar-refractivity contribution < 1.29 is 13.6 Å². The highest BCUT2D eigenvalue weighted by molar-refractivity contribution is 6.17. The number of hydrogen-bond donors (Lipinski definition) is 1. The quantitative estimate of drug-likeness (QED) is 0.391. The molecule has 0 fully saturated rings. The van der Waals surface area contributed by atoms with E-state index in [4.69, 9.17) is 5.73 Å². The van der Waals surface area contributed by atoms with Crippen LogP contribution in [0, 0.1) is 17.7 Å². The summed E-state index contributed by atoms with van der Waals surface area (Å²) in [4.78, 5) is 12.1. The molecule has 0 atom stereocenters. The number of aryl methyl sites for hydroxylation is 1. The van der Waals surface area contributed by atoms with Gasteiger partial charge in [-0.2, -0.15) is 0 Å². The maximum Gasteiger partial charge on any atom is 0.249 e. The Balaban J connectivity index is 1.96. The Morgan fingerprint density at radius 1 is 1.07 bits per heavy atom. The second-order valence-corrected chi connectivity index (χ2v) is 7.58. The largest absolute Gasteiger partial charge is 0.366 e. The maximum atomic E-state index is 14.4. The summed E-state index contributed by atoms with van der Waals surface area (Å²) in [6.45, 7) is 2.16. The van der Waals surface area contributed by atoms with Gasteiger partial charge in [-0.1, -0.05) is 38.0 Å². The fraction of sp³-hybridized carbons (Fsp3) is 0.240. The number of carbonyl (C=O) groups is 1. The minimum absolute atomic E-state index is 0.00692. The van der Waals surface area contributed by atoms with Gasteiger partial charge in [0.25, 0.3) is 0 Å². The van der Waals surface area contributed by atoms with Crippen molar-refractivity contribution >= 4 is 27.7 Å². The number of hydrogen-bond acceptors (Lipinski definition) is 1. The van der Waals surface area contributed by atoms with Gasteiger partial charge < -0.3 is 10.3 Å². The molecule has 1 heterocycles. The average molecular weight is 405 g/mol. The Morgan fingerprint density at radius 3 is 2.50 bits per heavy atom. The van der Waals surface area contributed by atoms with Gasteiger partial charge in [0, 0.05) is 21.9 Å². The number of carbonyl (C=O) groups excluding carboxylic acids is 1. The van der Waals surface area contributed by atoms with Crippen LogP contribution in [0.2, 0.25) is 0 Å². The van der Waals surface area contributed by atoms with Gasteiger partial charge in [0.2, 0.25) is 5.91 Å². The lowest BCUT2D eigenvalue weighted by atomic mass is 10.0. The second-order valence-electron chi connectivity index (χ2n) is 7.58. The zero-order valence-corrected chi connectivity index (χ0v) is 16.8. The van der Waals surface area contributed by atoms with Crippen LogP contribution in [0.15, 0.2) is 48.5 Å². The van der Waals surface area contributed by atoms with Crippen LogP contribution in [0.25, 0.3) is 21.8 Å². The fourth-order valence-electron chi connectivity index (χ4n) is 4.04. The molecule has 153 valence electrons. The van der Waals surface area contributed by atoms with Crippen LogP contribution in [0.3, 0.4) is 0 Å². The summed E-state index contributed by atoms with van der Waals surface area (Å²) in [5, 5.41) is 1.40. The molecule has 0 unspecified atom stereocenters. The van der Waals surface area contributed by atoms with Gasteiger partial charge in [-0.3, -0.25) is 4.79 Å². The number of benzene rings is 3. The molecule has 0 aliphatic heterocycles. The zero-order valence-electron chi connectivity index (χ0n) is 16.8. The highest BCUT2D eigenvalue weighted by atomic mass is 19.1. The first-order chi connectivity index (χ1) is 14.5. The molecular formula is C25H23F2N2O. The monoisotopic (exact) mass is 405 g/mol. The lowest BCUT2D eigenvalue weighted by molar-refractivity contribution is 0.100. The Kier molecular flexibility index (Phi) is 5.53. The summed E-state index contributed by atoms with van der Waals surface area (Å²) in [7, 11) is 0. The number of amides is 1. The Hall–Kier alpha value is -3.21. The van der Waals surface area contributed by atoms with E-state index in [1.54, 1.807) is 12.1 Å². The molecule has 30 heavy (non-hydrogen) atoms. The lowest BCUT2D eigenvalue weighted by Gasteiger charge is -2.11. The molecule has 3 nitrogen and oxygen atoms in total. The number of halogens is 2. The van der Waals surface area contributed by atoms with Crippen LogP contribution in [0.1, 0.15) is 47.7 Å². The van der Waals surface area contributed by atoms with Crippen molar-refractivity contribution in [3.05, 3.63) is 82.9 Å². The van der Waals surface area contributed by atoms with Crippen molar-refractivity contribution in [2.24, 2.45) is 5.73 Å². The van der Waals surface area contributed by atoms with E-state index in [0.29, 0.717) is 16.5 Å². The molecule has 4 rings (SSSR count). The first-order valence-corrected chi connectivity index (χ1v) is 10.2. The van der Waals surface area contributed by atoms with E-state index in [1.165, 1.54) is 18.2 Å². The SMILES string of the molecule is CCCCCc1c[c]c2c3c(C(N)=O)cccc3n(Cc3c(F)cccc3F)c2c1. The number of unbranched alkanes of at least 4 members (excludes halogenated alkanes) is 2. The van der Waals surface area contributed by atoms with Crippen molar-refractivity contribution in [1.82, 2.24) is 4.57 Å². The molecule has 0 aliphatic carbocycles. The fourth-order valence-corrected chi connectivity index (χ4v) is 4.04. The third kappa shape index (κ3) is 3.56. The summed E-state index contributed by atoms with van der Waals surface area (Å²) < 4.78 is 30.6.